The molecular weight excluding hydrogens is 424 g/mol. The standard InChI is InChI=1S/C25H24N2O4S/c1-16(2)17-7-9-18(10-8-17)26-23(28)15-32-20-13-11-19(12-14-20)27-24(29)21-5-3-4-6-22(21)25(30)31/h3-14,16H,15H2,1-2H3,(H,26,28)(H,27,29)(H,30,31). The number of thioether (sulfide) groups is 1. The molecule has 164 valence electrons. The third-order valence-electron chi connectivity index (χ3n) is 4.75. The molecule has 0 spiro atoms. The van der Waals surface area contributed by atoms with E-state index in [2.05, 4.69) is 24.5 Å². The summed E-state index contributed by atoms with van der Waals surface area (Å²) in [6.45, 7) is 4.24. The minimum Gasteiger partial charge on any atom is -0.478 e. The quantitative estimate of drug-likeness (QED) is 0.396. The fraction of sp³-hybridized carbons (Fsp3) is 0.160. The van der Waals surface area contributed by atoms with E-state index in [1.165, 1.54) is 29.5 Å². The normalized spacial score (nSPS) is 10.6. The molecule has 0 atom stereocenters. The first-order valence-corrected chi connectivity index (χ1v) is 11.1. The Morgan fingerprint density at radius 3 is 1.97 bits per heavy atom. The predicted molar refractivity (Wildman–Crippen MR) is 128 cm³/mol. The molecule has 3 aromatic rings. The maximum Gasteiger partial charge on any atom is 0.336 e. The Hall–Kier alpha value is -3.58. The van der Waals surface area contributed by atoms with Gasteiger partial charge in [-0.25, -0.2) is 4.79 Å². The Bertz CT molecular complexity index is 1110. The zero-order valence-electron chi connectivity index (χ0n) is 17.8. The van der Waals surface area contributed by atoms with Crippen molar-refractivity contribution in [3.05, 3.63) is 89.5 Å². The number of rotatable bonds is 8. The molecule has 0 saturated heterocycles. The van der Waals surface area contributed by atoms with E-state index in [0.29, 0.717) is 11.6 Å². The van der Waals surface area contributed by atoms with Gasteiger partial charge in [-0.2, -0.15) is 0 Å². The number of aromatic carboxylic acids is 1. The Balaban J connectivity index is 1.53. The molecule has 3 rings (SSSR count). The van der Waals surface area contributed by atoms with Crippen LogP contribution in [0, 0.1) is 0 Å². The highest BCUT2D eigenvalue weighted by Gasteiger charge is 2.15. The molecule has 0 aliphatic rings. The van der Waals surface area contributed by atoms with Crippen LogP contribution in [0.2, 0.25) is 0 Å². The van der Waals surface area contributed by atoms with Crippen molar-refractivity contribution in [1.29, 1.82) is 0 Å². The molecule has 0 aliphatic heterocycles. The molecule has 2 amide bonds. The number of carboxylic acid groups (broad SMARTS) is 1. The zero-order valence-corrected chi connectivity index (χ0v) is 18.6. The molecule has 0 aromatic heterocycles. The average Bonchev–Trinajstić information content (AvgIpc) is 2.79. The third kappa shape index (κ3) is 6.21. The average molecular weight is 449 g/mol. The summed E-state index contributed by atoms with van der Waals surface area (Å²) in [5.74, 6) is -1.06. The highest BCUT2D eigenvalue weighted by molar-refractivity contribution is 8.00. The maximum atomic E-state index is 12.4. The molecule has 32 heavy (non-hydrogen) atoms. The second-order valence-electron chi connectivity index (χ2n) is 7.44. The molecule has 0 bridgehead atoms. The highest BCUT2D eigenvalue weighted by atomic mass is 32.2. The highest BCUT2D eigenvalue weighted by Crippen LogP contribution is 2.22. The van der Waals surface area contributed by atoms with Crippen LogP contribution in [0.5, 0.6) is 0 Å². The fourth-order valence-electron chi connectivity index (χ4n) is 3.00. The summed E-state index contributed by atoms with van der Waals surface area (Å²) in [6.07, 6.45) is 0. The molecule has 0 fully saturated rings. The lowest BCUT2D eigenvalue weighted by molar-refractivity contribution is -0.113. The van der Waals surface area contributed by atoms with Crippen molar-refractivity contribution in [1.82, 2.24) is 0 Å². The van der Waals surface area contributed by atoms with Crippen LogP contribution in [0.4, 0.5) is 11.4 Å². The predicted octanol–water partition coefficient (Wildman–Crippen LogP) is 5.49. The van der Waals surface area contributed by atoms with Gasteiger partial charge in [-0.3, -0.25) is 9.59 Å². The van der Waals surface area contributed by atoms with Gasteiger partial charge in [0.1, 0.15) is 0 Å². The minimum atomic E-state index is -1.16. The smallest absolute Gasteiger partial charge is 0.336 e. The lowest BCUT2D eigenvalue weighted by Gasteiger charge is -2.09. The molecule has 6 nitrogen and oxygen atoms in total. The van der Waals surface area contributed by atoms with Crippen molar-refractivity contribution >= 4 is 40.9 Å². The van der Waals surface area contributed by atoms with Crippen LogP contribution in [0.25, 0.3) is 0 Å². The van der Waals surface area contributed by atoms with Crippen LogP contribution in [0.3, 0.4) is 0 Å². The first-order valence-electron chi connectivity index (χ1n) is 10.1. The summed E-state index contributed by atoms with van der Waals surface area (Å²) in [6, 6.07) is 20.9. The van der Waals surface area contributed by atoms with Crippen LogP contribution in [-0.4, -0.2) is 28.6 Å². The van der Waals surface area contributed by atoms with Gasteiger partial charge in [0.2, 0.25) is 5.91 Å². The van der Waals surface area contributed by atoms with Crippen LogP contribution in [0.1, 0.15) is 46.0 Å². The van der Waals surface area contributed by atoms with Crippen molar-refractivity contribution in [2.45, 2.75) is 24.7 Å². The van der Waals surface area contributed by atoms with Crippen LogP contribution in [-0.2, 0) is 4.79 Å². The van der Waals surface area contributed by atoms with E-state index in [1.807, 2.05) is 24.3 Å². The number of hydrogen-bond donors (Lipinski definition) is 3. The van der Waals surface area contributed by atoms with Crippen molar-refractivity contribution in [3.8, 4) is 0 Å². The lowest BCUT2D eigenvalue weighted by atomic mass is 10.0. The Morgan fingerprint density at radius 1 is 0.812 bits per heavy atom. The molecule has 0 radical (unpaired) electrons. The summed E-state index contributed by atoms with van der Waals surface area (Å²) < 4.78 is 0. The summed E-state index contributed by atoms with van der Waals surface area (Å²) in [5.41, 5.74) is 2.56. The van der Waals surface area contributed by atoms with Crippen molar-refractivity contribution in [2.75, 3.05) is 16.4 Å². The van der Waals surface area contributed by atoms with Crippen LogP contribution in [0.15, 0.2) is 77.7 Å². The first-order chi connectivity index (χ1) is 15.3. The van der Waals surface area contributed by atoms with Gasteiger partial charge in [0.05, 0.1) is 16.9 Å². The van der Waals surface area contributed by atoms with Crippen molar-refractivity contribution < 1.29 is 19.5 Å². The van der Waals surface area contributed by atoms with E-state index in [-0.39, 0.29) is 22.8 Å². The minimum absolute atomic E-state index is 0.0537. The molecule has 0 saturated carbocycles. The number of amides is 2. The topological polar surface area (TPSA) is 95.5 Å². The second-order valence-corrected chi connectivity index (χ2v) is 8.49. The molecule has 7 heteroatoms. The van der Waals surface area contributed by atoms with Gasteiger partial charge in [-0.1, -0.05) is 38.1 Å². The van der Waals surface area contributed by atoms with Crippen molar-refractivity contribution in [2.24, 2.45) is 0 Å². The number of benzene rings is 3. The molecule has 3 N–H and O–H groups in total. The Morgan fingerprint density at radius 2 is 1.38 bits per heavy atom. The van der Waals surface area contributed by atoms with E-state index >= 15 is 0 Å². The summed E-state index contributed by atoms with van der Waals surface area (Å²) in [4.78, 5) is 36.8. The van der Waals surface area contributed by atoms with Gasteiger partial charge in [0.25, 0.3) is 5.91 Å². The summed E-state index contributed by atoms with van der Waals surface area (Å²) >= 11 is 1.38. The lowest BCUT2D eigenvalue weighted by Crippen LogP contribution is -2.16. The first kappa shape index (κ1) is 23.1. The number of anilines is 2. The number of carbonyl (C=O) groups is 3. The van der Waals surface area contributed by atoms with Gasteiger partial charge in [-0.05, 0) is 60.0 Å². The van der Waals surface area contributed by atoms with E-state index in [0.717, 1.165) is 10.6 Å². The summed E-state index contributed by atoms with van der Waals surface area (Å²) in [5, 5.41) is 14.8. The van der Waals surface area contributed by atoms with E-state index in [9.17, 15) is 19.5 Å². The fourth-order valence-corrected chi connectivity index (χ4v) is 3.70. The summed E-state index contributed by atoms with van der Waals surface area (Å²) in [7, 11) is 0. The molecular formula is C25H24N2O4S. The van der Waals surface area contributed by atoms with E-state index in [1.54, 1.807) is 36.4 Å². The number of carboxylic acids is 1. The third-order valence-corrected chi connectivity index (χ3v) is 5.76. The van der Waals surface area contributed by atoms with Gasteiger partial charge in [-0.15, -0.1) is 11.8 Å². The largest absolute Gasteiger partial charge is 0.478 e. The molecule has 0 unspecified atom stereocenters. The van der Waals surface area contributed by atoms with E-state index in [4.69, 9.17) is 0 Å². The van der Waals surface area contributed by atoms with Crippen LogP contribution >= 0.6 is 11.8 Å². The monoisotopic (exact) mass is 448 g/mol. The molecule has 0 heterocycles. The van der Waals surface area contributed by atoms with Gasteiger partial charge in [0.15, 0.2) is 0 Å². The van der Waals surface area contributed by atoms with Gasteiger partial charge < -0.3 is 15.7 Å². The number of carbonyl (C=O) groups excluding carboxylic acids is 2. The Kier molecular flexibility index (Phi) is 7.68. The SMILES string of the molecule is CC(C)c1ccc(NC(=O)CSc2ccc(NC(=O)c3ccccc3C(=O)O)cc2)cc1. The molecule has 0 aliphatic carbocycles. The van der Waals surface area contributed by atoms with Gasteiger partial charge in [0, 0.05) is 16.3 Å². The zero-order chi connectivity index (χ0) is 23.1. The van der Waals surface area contributed by atoms with E-state index < -0.39 is 11.9 Å². The second kappa shape index (κ2) is 10.6. The number of hydrogen-bond acceptors (Lipinski definition) is 4. The van der Waals surface area contributed by atoms with Gasteiger partial charge >= 0.3 is 5.97 Å². The number of nitrogens with one attached hydrogen (secondary N) is 2. The maximum absolute atomic E-state index is 12.4. The van der Waals surface area contributed by atoms with Crippen LogP contribution < -0.4 is 10.6 Å². The van der Waals surface area contributed by atoms with Crippen molar-refractivity contribution in [3.63, 3.8) is 0 Å². The Labute approximate surface area is 191 Å². The molecule has 3 aromatic carbocycles.